The monoisotopic (exact) mass is 192 g/mol. The number of hydrazine groups is 1. The van der Waals surface area contributed by atoms with Crippen LogP contribution in [-0.2, 0) is 0 Å². The van der Waals surface area contributed by atoms with Gasteiger partial charge in [0.05, 0.1) is 5.69 Å². The smallest absolute Gasteiger partial charge is 0.148 e. The first-order valence-corrected chi connectivity index (χ1v) is 5.08. The summed E-state index contributed by atoms with van der Waals surface area (Å²) in [7, 11) is 0. The number of nitrogens with zero attached hydrogens (tertiary/aromatic N) is 2. The fourth-order valence-electron chi connectivity index (χ4n) is 1.69. The lowest BCUT2D eigenvalue weighted by molar-refractivity contribution is 0.273. The molecule has 1 aliphatic rings. The van der Waals surface area contributed by atoms with E-state index < -0.39 is 0 Å². The molecule has 1 aromatic heterocycles. The molecule has 1 aliphatic heterocycles. The Hall–Kier alpha value is -1.29. The van der Waals surface area contributed by atoms with Gasteiger partial charge in [-0.1, -0.05) is 6.42 Å². The van der Waals surface area contributed by atoms with Gasteiger partial charge in [-0.2, -0.15) is 0 Å². The molecule has 1 fully saturated rings. The minimum atomic E-state index is 0.568. The molecule has 1 aromatic rings. The number of hydrogen-bond donors (Lipinski definition) is 2. The molecular formula is C10H16N4. The van der Waals surface area contributed by atoms with Gasteiger partial charge in [-0.15, -0.1) is 0 Å². The molecule has 76 valence electrons. The third-order valence-corrected chi connectivity index (χ3v) is 2.47. The summed E-state index contributed by atoms with van der Waals surface area (Å²) >= 11 is 0. The lowest BCUT2D eigenvalue weighted by atomic mass is 10.2. The van der Waals surface area contributed by atoms with Gasteiger partial charge >= 0.3 is 0 Å². The van der Waals surface area contributed by atoms with Crippen molar-refractivity contribution in [2.45, 2.75) is 19.3 Å². The summed E-state index contributed by atoms with van der Waals surface area (Å²) in [5.74, 6) is 0.568. The normalized spacial score (nSPS) is 18.0. The van der Waals surface area contributed by atoms with Crippen LogP contribution in [0.5, 0.6) is 0 Å². The number of aromatic nitrogens is 1. The Morgan fingerprint density at radius 1 is 1.29 bits per heavy atom. The molecule has 4 nitrogen and oxygen atoms in total. The highest BCUT2D eigenvalue weighted by Gasteiger charge is 2.10. The van der Waals surface area contributed by atoms with Crippen molar-refractivity contribution in [1.29, 1.82) is 0 Å². The first-order chi connectivity index (χ1) is 6.86. The first-order valence-electron chi connectivity index (χ1n) is 5.08. The number of hydrogen-bond acceptors (Lipinski definition) is 4. The van der Waals surface area contributed by atoms with Gasteiger partial charge in [0.1, 0.15) is 5.82 Å². The van der Waals surface area contributed by atoms with Crippen LogP contribution in [0.1, 0.15) is 19.3 Å². The van der Waals surface area contributed by atoms with Crippen LogP contribution in [0.15, 0.2) is 18.3 Å². The second-order valence-electron chi connectivity index (χ2n) is 3.60. The molecule has 0 aromatic carbocycles. The van der Waals surface area contributed by atoms with E-state index >= 15 is 0 Å². The molecule has 0 amide bonds. The van der Waals surface area contributed by atoms with Gasteiger partial charge in [-0.25, -0.2) is 9.99 Å². The van der Waals surface area contributed by atoms with Crippen LogP contribution < -0.4 is 11.2 Å². The molecule has 2 rings (SSSR count). The van der Waals surface area contributed by atoms with E-state index in [4.69, 9.17) is 5.73 Å². The summed E-state index contributed by atoms with van der Waals surface area (Å²) in [5, 5.41) is 2.21. The highest BCUT2D eigenvalue weighted by Crippen LogP contribution is 2.16. The predicted molar refractivity (Wildman–Crippen MR) is 57.7 cm³/mol. The van der Waals surface area contributed by atoms with Gasteiger partial charge < -0.3 is 11.2 Å². The number of piperidine rings is 1. The molecule has 0 radical (unpaired) electrons. The number of nitrogens with one attached hydrogen (secondary N) is 1. The van der Waals surface area contributed by atoms with E-state index in [1.165, 1.54) is 19.3 Å². The average Bonchev–Trinajstić information content (AvgIpc) is 2.23. The SMILES string of the molecule is Nc1ncccc1NN1CCCCC1. The van der Waals surface area contributed by atoms with Crippen LogP contribution in [0.3, 0.4) is 0 Å². The fourth-order valence-corrected chi connectivity index (χ4v) is 1.69. The van der Waals surface area contributed by atoms with Gasteiger partial charge in [0.2, 0.25) is 0 Å². The van der Waals surface area contributed by atoms with Crippen LogP contribution in [0.4, 0.5) is 11.5 Å². The van der Waals surface area contributed by atoms with Gasteiger partial charge in [0.15, 0.2) is 0 Å². The maximum atomic E-state index is 5.74. The third kappa shape index (κ3) is 2.14. The zero-order valence-corrected chi connectivity index (χ0v) is 8.24. The fraction of sp³-hybridized carbons (Fsp3) is 0.500. The highest BCUT2D eigenvalue weighted by atomic mass is 15.5. The first kappa shape index (κ1) is 9.27. The summed E-state index contributed by atoms with van der Waals surface area (Å²) in [6, 6.07) is 3.85. The topological polar surface area (TPSA) is 54.2 Å². The molecule has 0 bridgehead atoms. The molecule has 3 N–H and O–H groups in total. The summed E-state index contributed by atoms with van der Waals surface area (Å²) < 4.78 is 0. The van der Waals surface area contributed by atoms with Gasteiger partial charge in [0.25, 0.3) is 0 Å². The molecule has 4 heteroatoms. The zero-order valence-electron chi connectivity index (χ0n) is 8.24. The van der Waals surface area contributed by atoms with E-state index in [1.54, 1.807) is 6.20 Å². The van der Waals surface area contributed by atoms with Crippen molar-refractivity contribution >= 4 is 11.5 Å². The van der Waals surface area contributed by atoms with Crippen LogP contribution in [0, 0.1) is 0 Å². The van der Waals surface area contributed by atoms with Crippen LogP contribution in [0.2, 0.25) is 0 Å². The minimum absolute atomic E-state index is 0.568. The van der Waals surface area contributed by atoms with Crippen LogP contribution >= 0.6 is 0 Å². The minimum Gasteiger partial charge on any atom is -0.382 e. The summed E-state index contributed by atoms with van der Waals surface area (Å²) in [4.78, 5) is 4.03. The quantitative estimate of drug-likeness (QED) is 0.745. The van der Waals surface area contributed by atoms with Crippen LogP contribution in [0.25, 0.3) is 0 Å². The standard InChI is InChI=1S/C10H16N4/c11-10-9(5-4-6-12-10)13-14-7-2-1-3-8-14/h4-6,13H,1-3,7-8H2,(H2,11,12). The Morgan fingerprint density at radius 3 is 2.79 bits per heavy atom. The van der Waals surface area contributed by atoms with Crippen molar-refractivity contribution in [1.82, 2.24) is 9.99 Å². The Balaban J connectivity index is 1.99. The molecule has 0 aliphatic carbocycles. The van der Waals surface area contributed by atoms with Crippen molar-refractivity contribution in [3.63, 3.8) is 0 Å². The van der Waals surface area contributed by atoms with E-state index in [0.717, 1.165) is 18.8 Å². The van der Waals surface area contributed by atoms with Crippen molar-refractivity contribution in [3.8, 4) is 0 Å². The van der Waals surface area contributed by atoms with Crippen molar-refractivity contribution < 1.29 is 0 Å². The summed E-state index contributed by atoms with van der Waals surface area (Å²) in [5.41, 5.74) is 9.94. The van der Waals surface area contributed by atoms with Gasteiger partial charge in [-0.3, -0.25) is 0 Å². The van der Waals surface area contributed by atoms with Gasteiger partial charge in [0, 0.05) is 19.3 Å². The lowest BCUT2D eigenvalue weighted by Crippen LogP contribution is -2.35. The predicted octanol–water partition coefficient (Wildman–Crippen LogP) is 1.48. The number of rotatable bonds is 2. The van der Waals surface area contributed by atoms with E-state index in [2.05, 4.69) is 15.4 Å². The zero-order chi connectivity index (χ0) is 9.80. The van der Waals surface area contributed by atoms with E-state index in [0.29, 0.717) is 5.82 Å². The number of pyridine rings is 1. The van der Waals surface area contributed by atoms with E-state index in [9.17, 15) is 0 Å². The number of nitrogens with two attached hydrogens (primary N) is 1. The second-order valence-corrected chi connectivity index (χ2v) is 3.60. The Bertz CT molecular complexity index is 294. The molecule has 0 atom stereocenters. The van der Waals surface area contributed by atoms with E-state index in [-0.39, 0.29) is 0 Å². The third-order valence-electron chi connectivity index (χ3n) is 2.47. The van der Waals surface area contributed by atoms with Gasteiger partial charge in [-0.05, 0) is 25.0 Å². The Morgan fingerprint density at radius 2 is 2.07 bits per heavy atom. The molecule has 0 spiro atoms. The maximum Gasteiger partial charge on any atom is 0.148 e. The molecule has 1 saturated heterocycles. The number of anilines is 2. The van der Waals surface area contributed by atoms with Crippen LogP contribution in [-0.4, -0.2) is 23.1 Å². The molecule has 0 saturated carbocycles. The molecule has 0 unspecified atom stereocenters. The summed E-state index contributed by atoms with van der Waals surface area (Å²) in [6.45, 7) is 2.18. The molecule has 2 heterocycles. The lowest BCUT2D eigenvalue weighted by Gasteiger charge is -2.28. The highest BCUT2D eigenvalue weighted by molar-refractivity contribution is 5.60. The Kier molecular flexibility index (Phi) is 2.84. The van der Waals surface area contributed by atoms with Crippen molar-refractivity contribution in [2.24, 2.45) is 0 Å². The average molecular weight is 192 g/mol. The largest absolute Gasteiger partial charge is 0.382 e. The Labute approximate surface area is 84.1 Å². The molecular weight excluding hydrogens is 176 g/mol. The summed E-state index contributed by atoms with van der Waals surface area (Å²) in [6.07, 6.45) is 5.55. The maximum absolute atomic E-state index is 5.74. The van der Waals surface area contributed by atoms with E-state index in [1.807, 2.05) is 12.1 Å². The second kappa shape index (κ2) is 4.28. The number of nitrogen functional groups attached to an aromatic ring is 1. The van der Waals surface area contributed by atoms with Crippen molar-refractivity contribution in [3.05, 3.63) is 18.3 Å². The van der Waals surface area contributed by atoms with Crippen molar-refractivity contribution in [2.75, 3.05) is 24.2 Å². The molecule has 14 heavy (non-hydrogen) atoms.